The molecule has 2 rings (SSSR count). The van der Waals surface area contributed by atoms with Gasteiger partial charge in [0.15, 0.2) is 0 Å². The Morgan fingerprint density at radius 1 is 1.00 bits per heavy atom. The van der Waals surface area contributed by atoms with Gasteiger partial charge in [-0.05, 0) is 34.1 Å². The molecule has 0 atom stereocenters. The Kier molecular flexibility index (Phi) is 4.31. The van der Waals surface area contributed by atoms with E-state index in [2.05, 4.69) is 37.2 Å². The van der Waals surface area contributed by atoms with Crippen LogP contribution in [-0.4, -0.2) is 4.99 Å². The van der Waals surface area contributed by atoms with E-state index in [-0.39, 0.29) is 0 Å². The lowest BCUT2D eigenvalue weighted by molar-refractivity contribution is 1.55. The molecule has 0 aliphatic heterocycles. The lowest BCUT2D eigenvalue weighted by Gasteiger charge is -2.10. The fourth-order valence-electron chi connectivity index (χ4n) is 1.37. The van der Waals surface area contributed by atoms with Crippen molar-refractivity contribution in [3.05, 3.63) is 63.0 Å². The molecule has 0 aliphatic rings. The number of benzene rings is 2. The van der Waals surface area contributed by atoms with Gasteiger partial charge in [0.1, 0.15) is 4.99 Å². The van der Waals surface area contributed by atoms with Gasteiger partial charge in [0.05, 0.1) is 5.69 Å². The summed E-state index contributed by atoms with van der Waals surface area (Å²) in [5.41, 5.74) is 1.97. The van der Waals surface area contributed by atoms with E-state index >= 15 is 0 Å². The van der Waals surface area contributed by atoms with Crippen molar-refractivity contribution in [2.75, 3.05) is 5.32 Å². The van der Waals surface area contributed by atoms with E-state index in [9.17, 15) is 0 Å². The van der Waals surface area contributed by atoms with Crippen LogP contribution in [0.2, 0.25) is 0 Å². The van der Waals surface area contributed by atoms with Gasteiger partial charge in [0, 0.05) is 14.5 Å². The third kappa shape index (κ3) is 3.37. The molecular weight excluding hydrogens is 362 g/mol. The van der Waals surface area contributed by atoms with Crippen LogP contribution in [0.3, 0.4) is 0 Å². The molecule has 2 aromatic rings. The molecule has 0 saturated carbocycles. The highest BCUT2D eigenvalue weighted by Gasteiger charge is 2.04. The van der Waals surface area contributed by atoms with Crippen molar-refractivity contribution in [2.24, 2.45) is 0 Å². The first-order chi connectivity index (χ1) is 8.16. The molecule has 86 valence electrons. The van der Waals surface area contributed by atoms with Crippen molar-refractivity contribution in [1.29, 1.82) is 0 Å². The van der Waals surface area contributed by atoms with Crippen molar-refractivity contribution in [3.63, 3.8) is 0 Å². The molecule has 0 amide bonds. The zero-order valence-corrected chi connectivity index (χ0v) is 12.8. The number of hydrogen-bond donors (Lipinski definition) is 1. The minimum Gasteiger partial charge on any atom is -0.345 e. The molecule has 0 fully saturated rings. The zero-order chi connectivity index (χ0) is 12.3. The van der Waals surface area contributed by atoms with Crippen molar-refractivity contribution < 1.29 is 0 Å². The first-order valence-electron chi connectivity index (χ1n) is 4.98. The minimum absolute atomic E-state index is 0.716. The van der Waals surface area contributed by atoms with Crippen molar-refractivity contribution in [1.82, 2.24) is 0 Å². The standard InChI is InChI=1S/C13H9Br2NS/c14-10-6-7-12(11(15)8-10)16-13(17)9-4-2-1-3-5-9/h1-8H,(H,16,17). The summed E-state index contributed by atoms with van der Waals surface area (Å²) in [5, 5.41) is 3.22. The number of halogens is 2. The summed E-state index contributed by atoms with van der Waals surface area (Å²) < 4.78 is 2.01. The Labute approximate surface area is 122 Å². The van der Waals surface area contributed by atoms with Crippen molar-refractivity contribution in [2.45, 2.75) is 0 Å². The van der Waals surface area contributed by atoms with Crippen molar-refractivity contribution in [3.8, 4) is 0 Å². The predicted molar refractivity (Wildman–Crippen MR) is 83.6 cm³/mol. The number of rotatable bonds is 2. The monoisotopic (exact) mass is 369 g/mol. The molecule has 0 bridgehead atoms. The zero-order valence-electron chi connectivity index (χ0n) is 8.78. The molecule has 1 nitrogen and oxygen atoms in total. The number of thiocarbonyl (C=S) groups is 1. The lowest BCUT2D eigenvalue weighted by atomic mass is 10.2. The third-order valence-corrected chi connectivity index (χ3v) is 3.70. The maximum absolute atomic E-state index is 5.35. The number of anilines is 1. The second-order valence-electron chi connectivity index (χ2n) is 3.44. The van der Waals surface area contributed by atoms with Crippen LogP contribution in [-0.2, 0) is 0 Å². The second kappa shape index (κ2) is 5.76. The van der Waals surface area contributed by atoms with Crippen LogP contribution in [0, 0.1) is 0 Å². The molecular formula is C13H9Br2NS. The van der Waals surface area contributed by atoms with Gasteiger partial charge in [-0.1, -0.05) is 58.5 Å². The summed E-state index contributed by atoms with van der Waals surface area (Å²) in [6.07, 6.45) is 0. The molecule has 2 aromatic carbocycles. The Balaban J connectivity index is 2.19. The molecule has 0 spiro atoms. The van der Waals surface area contributed by atoms with Crippen LogP contribution in [0.1, 0.15) is 5.56 Å². The summed E-state index contributed by atoms with van der Waals surface area (Å²) in [7, 11) is 0. The summed E-state index contributed by atoms with van der Waals surface area (Å²) >= 11 is 12.3. The number of nitrogens with one attached hydrogen (secondary N) is 1. The van der Waals surface area contributed by atoms with Crippen LogP contribution in [0.25, 0.3) is 0 Å². The summed E-state index contributed by atoms with van der Waals surface area (Å²) in [5.74, 6) is 0. The number of hydrogen-bond acceptors (Lipinski definition) is 1. The highest BCUT2D eigenvalue weighted by molar-refractivity contribution is 9.11. The molecule has 0 aromatic heterocycles. The van der Waals surface area contributed by atoms with Gasteiger partial charge in [0.2, 0.25) is 0 Å². The van der Waals surface area contributed by atoms with Gasteiger partial charge in [0.25, 0.3) is 0 Å². The van der Waals surface area contributed by atoms with Gasteiger partial charge in [-0.2, -0.15) is 0 Å². The topological polar surface area (TPSA) is 12.0 Å². The van der Waals surface area contributed by atoms with E-state index in [0.29, 0.717) is 4.99 Å². The van der Waals surface area contributed by atoms with Gasteiger partial charge >= 0.3 is 0 Å². The Morgan fingerprint density at radius 3 is 2.35 bits per heavy atom. The SMILES string of the molecule is S=C(Nc1ccc(Br)cc1Br)c1ccccc1. The van der Waals surface area contributed by atoms with E-state index in [1.807, 2.05) is 48.5 Å². The summed E-state index contributed by atoms with van der Waals surface area (Å²) in [4.78, 5) is 0.716. The van der Waals surface area contributed by atoms with Crippen LogP contribution < -0.4 is 5.32 Å². The minimum atomic E-state index is 0.716. The molecule has 4 heteroatoms. The molecule has 0 aliphatic carbocycles. The van der Waals surface area contributed by atoms with E-state index in [4.69, 9.17) is 12.2 Å². The maximum atomic E-state index is 5.35. The average molecular weight is 371 g/mol. The van der Waals surface area contributed by atoms with Gasteiger partial charge in [-0.15, -0.1) is 0 Å². The lowest BCUT2D eigenvalue weighted by Crippen LogP contribution is -2.10. The predicted octanol–water partition coefficient (Wildman–Crippen LogP) is 5.00. The smallest absolute Gasteiger partial charge is 0.111 e. The normalized spacial score (nSPS) is 10.0. The largest absolute Gasteiger partial charge is 0.345 e. The first-order valence-corrected chi connectivity index (χ1v) is 6.98. The molecule has 17 heavy (non-hydrogen) atoms. The van der Waals surface area contributed by atoms with E-state index in [1.165, 1.54) is 0 Å². The van der Waals surface area contributed by atoms with Gasteiger partial charge in [-0.25, -0.2) is 0 Å². The Hall–Kier alpha value is -0.710. The maximum Gasteiger partial charge on any atom is 0.111 e. The average Bonchev–Trinajstić information content (AvgIpc) is 2.34. The highest BCUT2D eigenvalue weighted by atomic mass is 79.9. The summed E-state index contributed by atoms with van der Waals surface area (Å²) in [6, 6.07) is 15.8. The quantitative estimate of drug-likeness (QED) is 0.746. The fourth-order valence-corrected chi connectivity index (χ4v) is 2.77. The Morgan fingerprint density at radius 2 is 1.71 bits per heavy atom. The fraction of sp³-hybridized carbons (Fsp3) is 0. The van der Waals surface area contributed by atoms with Crippen LogP contribution in [0.4, 0.5) is 5.69 Å². The molecule has 0 unspecified atom stereocenters. The van der Waals surface area contributed by atoms with Crippen LogP contribution in [0.5, 0.6) is 0 Å². The summed E-state index contributed by atoms with van der Waals surface area (Å²) in [6.45, 7) is 0. The second-order valence-corrected chi connectivity index (χ2v) is 5.62. The van der Waals surface area contributed by atoms with Gasteiger partial charge < -0.3 is 5.32 Å². The van der Waals surface area contributed by atoms with E-state index in [1.54, 1.807) is 0 Å². The molecule has 0 saturated heterocycles. The Bertz CT molecular complexity index is 540. The van der Waals surface area contributed by atoms with Crippen LogP contribution >= 0.6 is 44.1 Å². The van der Waals surface area contributed by atoms with Crippen LogP contribution in [0.15, 0.2) is 57.5 Å². The molecule has 1 N–H and O–H groups in total. The van der Waals surface area contributed by atoms with E-state index < -0.39 is 0 Å². The highest BCUT2D eigenvalue weighted by Crippen LogP contribution is 2.26. The molecule has 0 heterocycles. The first kappa shape index (κ1) is 12.7. The van der Waals surface area contributed by atoms with Gasteiger partial charge in [-0.3, -0.25) is 0 Å². The third-order valence-electron chi connectivity index (χ3n) is 2.22. The molecule has 0 radical (unpaired) electrons. The van der Waals surface area contributed by atoms with Crippen molar-refractivity contribution >= 4 is 54.8 Å². The van der Waals surface area contributed by atoms with E-state index in [0.717, 1.165) is 20.2 Å².